The SMILES string of the molecule is NC(=O)CCn1nnnc1SCC1=C(C(=O)O)N2C(=O)C(NC(=O)CSC(F)(F)F)[C@H]2SC1. The van der Waals surface area contributed by atoms with Gasteiger partial charge in [-0.1, -0.05) is 11.8 Å². The van der Waals surface area contributed by atoms with Crippen LogP contribution in [0.1, 0.15) is 6.42 Å². The number of hydrogen-bond acceptors (Lipinski definition) is 10. The molecule has 12 nitrogen and oxygen atoms in total. The molecule has 1 unspecified atom stereocenters. The van der Waals surface area contributed by atoms with Crippen molar-refractivity contribution in [1.29, 1.82) is 0 Å². The van der Waals surface area contributed by atoms with Crippen LogP contribution in [0.4, 0.5) is 13.2 Å². The van der Waals surface area contributed by atoms with Gasteiger partial charge >= 0.3 is 11.5 Å². The van der Waals surface area contributed by atoms with Gasteiger partial charge in [0.1, 0.15) is 17.1 Å². The topological polar surface area (TPSA) is 173 Å². The number of nitrogens with one attached hydrogen (secondary N) is 1. The summed E-state index contributed by atoms with van der Waals surface area (Å²) in [6.07, 6.45) is 0.00999. The molecule has 3 heterocycles. The van der Waals surface area contributed by atoms with Gasteiger partial charge in [-0.25, -0.2) is 9.48 Å². The maximum atomic E-state index is 12.5. The van der Waals surface area contributed by atoms with Gasteiger partial charge in [0.25, 0.3) is 5.91 Å². The zero-order chi connectivity index (χ0) is 24.3. The summed E-state index contributed by atoms with van der Waals surface area (Å²) in [6, 6.07) is -1.11. The number of nitrogens with two attached hydrogens (primary N) is 1. The van der Waals surface area contributed by atoms with E-state index in [-0.39, 0.29) is 30.2 Å². The number of carbonyl (C=O) groups excluding carboxylic acids is 3. The molecule has 0 radical (unpaired) electrons. The van der Waals surface area contributed by atoms with E-state index in [0.29, 0.717) is 10.7 Å². The van der Waals surface area contributed by atoms with Crippen molar-refractivity contribution in [3.8, 4) is 0 Å². The van der Waals surface area contributed by atoms with Gasteiger partial charge < -0.3 is 16.2 Å². The second-order valence-corrected chi connectivity index (χ2v) is 9.72. The quantitative estimate of drug-likeness (QED) is 0.268. The van der Waals surface area contributed by atoms with Crippen LogP contribution >= 0.6 is 35.3 Å². The van der Waals surface area contributed by atoms with E-state index in [1.165, 1.54) is 16.4 Å². The lowest BCUT2D eigenvalue weighted by molar-refractivity contribution is -0.150. The summed E-state index contributed by atoms with van der Waals surface area (Å²) in [4.78, 5) is 48.1. The number of alkyl halides is 3. The molecule has 1 aromatic rings. The maximum Gasteiger partial charge on any atom is 0.442 e. The average Bonchev–Trinajstić information content (AvgIpc) is 3.19. The summed E-state index contributed by atoms with van der Waals surface area (Å²) in [5.41, 5.74) is 0.682. The number of nitrogens with zero attached hydrogens (tertiary/aromatic N) is 5. The molecule has 1 aromatic heterocycles. The molecule has 0 aliphatic carbocycles. The van der Waals surface area contributed by atoms with E-state index in [1.807, 2.05) is 0 Å². The summed E-state index contributed by atoms with van der Waals surface area (Å²) in [5.74, 6) is -4.16. The van der Waals surface area contributed by atoms with Crippen LogP contribution in [0.2, 0.25) is 0 Å². The molecule has 33 heavy (non-hydrogen) atoms. The second-order valence-electron chi connectivity index (χ2n) is 6.64. The van der Waals surface area contributed by atoms with Crippen molar-refractivity contribution < 1.29 is 37.5 Å². The van der Waals surface area contributed by atoms with Crippen LogP contribution in [0, 0.1) is 0 Å². The van der Waals surface area contributed by atoms with E-state index in [1.54, 1.807) is 0 Å². The first-order valence-electron chi connectivity index (χ1n) is 9.05. The van der Waals surface area contributed by atoms with E-state index in [9.17, 15) is 37.5 Å². The molecular weight excluding hydrogens is 511 g/mol. The number of aliphatic carboxylic acids is 1. The summed E-state index contributed by atoms with van der Waals surface area (Å²) in [5, 5.41) is 22.6. The van der Waals surface area contributed by atoms with Gasteiger partial charge in [-0.3, -0.25) is 19.3 Å². The molecular formula is C15H16F3N7O5S3. The largest absolute Gasteiger partial charge is 0.477 e. The first-order chi connectivity index (χ1) is 15.5. The van der Waals surface area contributed by atoms with Gasteiger partial charge in [-0.2, -0.15) is 13.2 Å². The fourth-order valence-corrected chi connectivity index (χ4v) is 5.73. The molecule has 180 valence electrons. The lowest BCUT2D eigenvalue weighted by Gasteiger charge is -2.49. The number of rotatable bonds is 10. The van der Waals surface area contributed by atoms with Crippen molar-refractivity contribution >= 4 is 59.0 Å². The number of carboxylic acids is 1. The number of hydrogen-bond donors (Lipinski definition) is 3. The normalized spacial score (nSPS) is 20.3. The Hall–Kier alpha value is -2.47. The summed E-state index contributed by atoms with van der Waals surface area (Å²) >= 11 is 1.76. The number of primary amides is 1. The molecule has 18 heteroatoms. The Kier molecular flexibility index (Phi) is 7.78. The predicted octanol–water partition coefficient (Wildman–Crippen LogP) is -0.368. The van der Waals surface area contributed by atoms with E-state index in [0.717, 1.165) is 16.7 Å². The first-order valence-corrected chi connectivity index (χ1v) is 12.1. The molecule has 4 N–H and O–H groups in total. The highest BCUT2D eigenvalue weighted by Crippen LogP contribution is 2.41. The van der Waals surface area contributed by atoms with Crippen LogP contribution in [0.15, 0.2) is 16.4 Å². The Morgan fingerprint density at radius 3 is 2.70 bits per heavy atom. The van der Waals surface area contributed by atoms with E-state index >= 15 is 0 Å². The smallest absolute Gasteiger partial charge is 0.442 e. The van der Waals surface area contributed by atoms with Crippen molar-refractivity contribution in [2.45, 2.75) is 35.0 Å². The fourth-order valence-electron chi connectivity index (χ4n) is 2.96. The summed E-state index contributed by atoms with van der Waals surface area (Å²) in [6.45, 7) is 0.144. The Morgan fingerprint density at radius 2 is 2.06 bits per heavy atom. The summed E-state index contributed by atoms with van der Waals surface area (Å²) < 4.78 is 38.1. The van der Waals surface area contributed by atoms with E-state index in [2.05, 4.69) is 20.8 Å². The third-order valence-corrected chi connectivity index (χ3v) is 7.49. The second kappa shape index (κ2) is 10.2. The Balaban J connectivity index is 1.65. The number of fused-ring (bicyclic) bond motifs is 1. The third-order valence-electron chi connectivity index (χ3n) is 4.38. The molecule has 0 aromatic carbocycles. The number of thioether (sulfide) groups is 3. The van der Waals surface area contributed by atoms with Crippen molar-refractivity contribution in [2.75, 3.05) is 17.3 Å². The minimum absolute atomic E-state index is 0.00999. The van der Waals surface area contributed by atoms with Crippen LogP contribution < -0.4 is 11.1 Å². The van der Waals surface area contributed by atoms with Crippen LogP contribution in [0.5, 0.6) is 0 Å². The molecule has 2 aliphatic heterocycles. The Labute approximate surface area is 196 Å². The minimum atomic E-state index is -4.59. The number of amides is 3. The molecule has 0 spiro atoms. The molecule has 1 fully saturated rings. The van der Waals surface area contributed by atoms with Crippen LogP contribution in [0.3, 0.4) is 0 Å². The van der Waals surface area contributed by atoms with Crippen molar-refractivity contribution in [2.24, 2.45) is 5.73 Å². The maximum absolute atomic E-state index is 12.5. The first kappa shape index (κ1) is 25.2. The number of aryl methyl sites for hydroxylation is 1. The van der Waals surface area contributed by atoms with Gasteiger partial charge in [-0.05, 0) is 27.8 Å². The Morgan fingerprint density at radius 1 is 1.33 bits per heavy atom. The minimum Gasteiger partial charge on any atom is -0.477 e. The monoisotopic (exact) mass is 527 g/mol. The highest BCUT2D eigenvalue weighted by molar-refractivity contribution is 8.01. The van der Waals surface area contributed by atoms with Gasteiger partial charge in [0, 0.05) is 17.9 Å². The van der Waals surface area contributed by atoms with Crippen molar-refractivity contribution in [3.05, 3.63) is 11.3 Å². The molecule has 2 atom stereocenters. The number of tetrazole rings is 1. The van der Waals surface area contributed by atoms with Crippen molar-refractivity contribution in [1.82, 2.24) is 30.4 Å². The van der Waals surface area contributed by atoms with Gasteiger partial charge in [-0.15, -0.1) is 16.9 Å². The van der Waals surface area contributed by atoms with E-state index < -0.39 is 58.1 Å². The highest BCUT2D eigenvalue weighted by atomic mass is 32.2. The number of aromatic nitrogens is 4. The molecule has 2 aliphatic rings. The van der Waals surface area contributed by atoms with Gasteiger partial charge in [0.05, 0.1) is 12.3 Å². The highest BCUT2D eigenvalue weighted by Gasteiger charge is 2.54. The van der Waals surface area contributed by atoms with Crippen LogP contribution in [0.25, 0.3) is 0 Å². The molecule has 3 rings (SSSR count). The van der Waals surface area contributed by atoms with Crippen LogP contribution in [-0.2, 0) is 25.7 Å². The number of carboxylic acid groups (broad SMARTS) is 1. The molecule has 0 saturated carbocycles. The molecule has 3 amide bonds. The standard InChI is InChI=1S/C15H16F3N7O5S3/c16-15(17,18)33-5-8(27)20-9-11(28)25-10(13(29)30)6(3-31-12(9)25)4-32-14-21-22-23-24(14)2-1-7(19)26/h9,12H,1-5H2,(H2,19,26)(H,20,27)(H,29,30)/t9?,12-/m1/s1. The molecule has 0 bridgehead atoms. The zero-order valence-electron chi connectivity index (χ0n) is 16.4. The molecule has 1 saturated heterocycles. The van der Waals surface area contributed by atoms with Crippen molar-refractivity contribution in [3.63, 3.8) is 0 Å². The Bertz CT molecular complexity index is 1000. The zero-order valence-corrected chi connectivity index (χ0v) is 18.9. The number of halogens is 3. The third kappa shape index (κ3) is 6.11. The van der Waals surface area contributed by atoms with Gasteiger partial charge in [0.15, 0.2) is 0 Å². The fraction of sp³-hybridized carbons (Fsp3) is 0.533. The number of carbonyl (C=O) groups is 4. The van der Waals surface area contributed by atoms with E-state index in [4.69, 9.17) is 5.73 Å². The average molecular weight is 528 g/mol. The lowest BCUT2D eigenvalue weighted by Crippen LogP contribution is -2.70. The van der Waals surface area contributed by atoms with Gasteiger partial charge in [0.2, 0.25) is 17.0 Å². The van der Waals surface area contributed by atoms with Crippen LogP contribution in [-0.4, -0.2) is 88.1 Å². The number of β-lactam (4-membered cyclic amide) rings is 1. The lowest BCUT2D eigenvalue weighted by atomic mass is 10.0. The summed E-state index contributed by atoms with van der Waals surface area (Å²) in [7, 11) is 0. The predicted molar refractivity (Wildman–Crippen MR) is 111 cm³/mol.